The molecule has 2 heterocycles. The number of aromatic nitrogens is 2. The maximum atomic E-state index is 4.90. The van der Waals surface area contributed by atoms with Gasteiger partial charge < -0.3 is 0 Å². The van der Waals surface area contributed by atoms with Gasteiger partial charge in [0, 0.05) is 53.9 Å². The summed E-state index contributed by atoms with van der Waals surface area (Å²) in [4.78, 5) is 9.79. The van der Waals surface area contributed by atoms with Gasteiger partial charge in [0.1, 0.15) is 0 Å². The van der Waals surface area contributed by atoms with Crippen LogP contribution < -0.4 is 0 Å². The third kappa shape index (κ3) is 4.30. The zero-order valence-corrected chi connectivity index (χ0v) is 23.3. The third-order valence-corrected chi connectivity index (χ3v) is 8.52. The number of halogens is 1. The molecule has 0 unspecified atom stereocenters. The number of nitrogens with zero attached hydrogens (tertiary/aromatic N) is 2. The lowest BCUT2D eigenvalue weighted by atomic mass is 9.94. The normalized spacial score (nSPS) is 11.3. The first kappa shape index (κ1) is 23.3. The molecule has 38 heavy (non-hydrogen) atoms. The van der Waals surface area contributed by atoms with Crippen LogP contribution in [-0.4, -0.2) is 9.97 Å². The van der Waals surface area contributed by atoms with Gasteiger partial charge in [-0.2, -0.15) is 0 Å². The van der Waals surface area contributed by atoms with Crippen LogP contribution in [0.2, 0.25) is 0 Å². The minimum atomic E-state index is 0.736. The van der Waals surface area contributed by atoms with Crippen molar-refractivity contribution in [1.29, 1.82) is 0 Å². The molecule has 0 atom stereocenters. The lowest BCUT2D eigenvalue weighted by Gasteiger charge is -2.12. The zero-order valence-electron chi connectivity index (χ0n) is 20.3. The van der Waals surface area contributed by atoms with E-state index < -0.39 is 0 Å². The van der Waals surface area contributed by atoms with Crippen LogP contribution in [0.3, 0.4) is 0 Å². The monoisotopic (exact) mass is 616 g/mol. The van der Waals surface area contributed by atoms with Crippen LogP contribution in [-0.2, 0) is 0 Å². The predicted molar refractivity (Wildman–Crippen MR) is 169 cm³/mol. The molecule has 2 aromatic heterocycles. The van der Waals surface area contributed by atoms with Crippen molar-refractivity contribution in [2.75, 3.05) is 0 Å². The molecule has 0 aliphatic carbocycles. The summed E-state index contributed by atoms with van der Waals surface area (Å²) in [5.74, 6) is 0. The van der Waals surface area contributed by atoms with Gasteiger partial charge >= 0.3 is 0 Å². The molecule has 0 spiro atoms. The molecular formula is C34H21IN2S. The largest absolute Gasteiger partial charge is 0.223 e. The van der Waals surface area contributed by atoms with Crippen LogP contribution in [0.25, 0.3) is 64.9 Å². The molecule has 0 N–H and O–H groups in total. The summed E-state index contributed by atoms with van der Waals surface area (Å²) in [5, 5.41) is 2.57. The van der Waals surface area contributed by atoms with E-state index in [2.05, 4.69) is 150 Å². The SMILES string of the molecule is Ic1nc(-c2cc(-c3ccccc3)cc(-c3ccccc3)c2)cc(-c2cccc3c2sc2ccccc23)n1. The molecule has 7 aromatic rings. The van der Waals surface area contributed by atoms with Crippen LogP contribution in [0.1, 0.15) is 0 Å². The summed E-state index contributed by atoms with van der Waals surface area (Å²) in [6, 6.07) is 45.1. The Morgan fingerprint density at radius 2 is 1.05 bits per heavy atom. The van der Waals surface area contributed by atoms with Crippen molar-refractivity contribution in [2.24, 2.45) is 0 Å². The van der Waals surface area contributed by atoms with Crippen molar-refractivity contribution in [3.05, 3.63) is 131 Å². The average Bonchev–Trinajstić information content (AvgIpc) is 3.36. The quantitative estimate of drug-likeness (QED) is 0.145. The maximum absolute atomic E-state index is 4.90. The van der Waals surface area contributed by atoms with E-state index >= 15 is 0 Å². The van der Waals surface area contributed by atoms with Crippen LogP contribution in [0.4, 0.5) is 0 Å². The first-order chi connectivity index (χ1) is 18.7. The Hall–Kier alpha value is -3.87. The average molecular weight is 617 g/mol. The van der Waals surface area contributed by atoms with E-state index in [9.17, 15) is 0 Å². The lowest BCUT2D eigenvalue weighted by Crippen LogP contribution is -1.95. The van der Waals surface area contributed by atoms with Crippen LogP contribution in [0.15, 0.2) is 127 Å². The maximum Gasteiger partial charge on any atom is 0.191 e. The minimum absolute atomic E-state index is 0.736. The van der Waals surface area contributed by atoms with E-state index in [1.54, 1.807) is 0 Å². The minimum Gasteiger partial charge on any atom is -0.223 e. The van der Waals surface area contributed by atoms with Gasteiger partial charge in [0.25, 0.3) is 0 Å². The van der Waals surface area contributed by atoms with E-state index in [0.717, 1.165) is 26.3 Å². The van der Waals surface area contributed by atoms with Crippen molar-refractivity contribution in [3.63, 3.8) is 0 Å². The highest BCUT2D eigenvalue weighted by Gasteiger charge is 2.15. The zero-order chi connectivity index (χ0) is 25.5. The molecule has 180 valence electrons. The number of benzene rings is 5. The Balaban J connectivity index is 1.43. The van der Waals surface area contributed by atoms with Crippen molar-refractivity contribution in [1.82, 2.24) is 9.97 Å². The number of fused-ring (bicyclic) bond motifs is 3. The van der Waals surface area contributed by atoms with Crippen molar-refractivity contribution in [3.8, 4) is 44.8 Å². The summed E-state index contributed by atoms with van der Waals surface area (Å²) in [6.07, 6.45) is 0. The van der Waals surface area contributed by atoms with Crippen LogP contribution in [0.5, 0.6) is 0 Å². The highest BCUT2D eigenvalue weighted by Crippen LogP contribution is 2.40. The Morgan fingerprint density at radius 1 is 0.474 bits per heavy atom. The smallest absolute Gasteiger partial charge is 0.191 e. The fourth-order valence-electron chi connectivity index (χ4n) is 5.02. The second-order valence-corrected chi connectivity index (χ2v) is 11.2. The van der Waals surface area contributed by atoms with Crippen LogP contribution in [0, 0.1) is 3.83 Å². The summed E-state index contributed by atoms with van der Waals surface area (Å²) in [5.41, 5.74) is 8.81. The number of hydrogen-bond donors (Lipinski definition) is 0. The molecule has 0 saturated carbocycles. The molecule has 0 amide bonds. The molecule has 0 aliphatic heterocycles. The molecule has 0 bridgehead atoms. The molecule has 0 saturated heterocycles. The topological polar surface area (TPSA) is 25.8 Å². The molecule has 4 heteroatoms. The Kier molecular flexibility index (Phi) is 5.99. The van der Waals surface area contributed by atoms with Gasteiger partial charge in [-0.3, -0.25) is 0 Å². The number of thiophene rings is 1. The Morgan fingerprint density at radius 3 is 1.76 bits per heavy atom. The highest BCUT2D eigenvalue weighted by atomic mass is 127. The molecule has 2 nitrogen and oxygen atoms in total. The third-order valence-electron chi connectivity index (χ3n) is 6.82. The molecule has 0 fully saturated rings. The number of rotatable bonds is 4. The molecule has 0 aliphatic rings. The van der Waals surface area contributed by atoms with Gasteiger partial charge in [0.15, 0.2) is 3.83 Å². The van der Waals surface area contributed by atoms with Gasteiger partial charge in [-0.1, -0.05) is 97.1 Å². The van der Waals surface area contributed by atoms with Gasteiger partial charge in [0.2, 0.25) is 0 Å². The summed E-state index contributed by atoms with van der Waals surface area (Å²) in [7, 11) is 0. The van der Waals surface area contributed by atoms with E-state index in [1.807, 2.05) is 11.3 Å². The van der Waals surface area contributed by atoms with Gasteiger partial charge in [-0.05, 0) is 52.6 Å². The fraction of sp³-hybridized carbons (Fsp3) is 0. The van der Waals surface area contributed by atoms with Crippen LogP contribution >= 0.6 is 33.9 Å². The Bertz CT molecular complexity index is 1870. The van der Waals surface area contributed by atoms with Crippen molar-refractivity contribution >= 4 is 54.1 Å². The second kappa shape index (κ2) is 9.78. The standard InChI is InChI=1S/C34H21IN2S/c35-34-36-30(21-31(37-34)29-16-9-15-28-27-14-7-8-17-32(27)38-33(28)29)26-19-24(22-10-3-1-4-11-22)18-25(20-26)23-12-5-2-6-13-23/h1-21H. The summed E-state index contributed by atoms with van der Waals surface area (Å²) in [6.45, 7) is 0. The van der Waals surface area contributed by atoms with E-state index in [4.69, 9.17) is 9.97 Å². The van der Waals surface area contributed by atoms with Gasteiger partial charge in [0.05, 0.1) is 11.4 Å². The molecule has 0 radical (unpaired) electrons. The lowest BCUT2D eigenvalue weighted by molar-refractivity contribution is 1.12. The summed E-state index contributed by atoms with van der Waals surface area (Å²) >= 11 is 4.07. The van der Waals surface area contributed by atoms with Crippen molar-refractivity contribution in [2.45, 2.75) is 0 Å². The second-order valence-electron chi connectivity index (χ2n) is 9.22. The first-order valence-electron chi connectivity index (χ1n) is 12.4. The Labute approximate surface area is 238 Å². The highest BCUT2D eigenvalue weighted by molar-refractivity contribution is 14.1. The molecule has 5 aromatic carbocycles. The van der Waals surface area contributed by atoms with E-state index in [1.165, 1.54) is 42.4 Å². The fourth-order valence-corrected chi connectivity index (χ4v) is 6.77. The summed E-state index contributed by atoms with van der Waals surface area (Å²) < 4.78 is 3.29. The molecular weight excluding hydrogens is 595 g/mol. The number of hydrogen-bond acceptors (Lipinski definition) is 3. The van der Waals surface area contributed by atoms with E-state index in [0.29, 0.717) is 0 Å². The molecule has 7 rings (SSSR count). The van der Waals surface area contributed by atoms with Gasteiger partial charge in [-0.15, -0.1) is 11.3 Å². The predicted octanol–water partition coefficient (Wildman–Crippen LogP) is 10.1. The first-order valence-corrected chi connectivity index (χ1v) is 14.3. The van der Waals surface area contributed by atoms with Gasteiger partial charge in [-0.25, -0.2) is 9.97 Å². The van der Waals surface area contributed by atoms with E-state index in [-0.39, 0.29) is 0 Å². The van der Waals surface area contributed by atoms with Crippen molar-refractivity contribution < 1.29 is 0 Å².